The average molecular weight is 344 g/mol. The quantitative estimate of drug-likeness (QED) is 0.584. The van der Waals surface area contributed by atoms with Crippen LogP contribution >= 0.6 is 0 Å². The number of anilines is 1. The minimum atomic E-state index is -0.515. The number of aryl methyl sites for hydroxylation is 1. The van der Waals surface area contributed by atoms with E-state index in [2.05, 4.69) is 5.32 Å². The molecule has 0 aliphatic heterocycles. The molecule has 0 saturated heterocycles. The van der Waals surface area contributed by atoms with E-state index in [1.165, 1.54) is 12.1 Å². The molecule has 0 atom stereocenters. The van der Waals surface area contributed by atoms with Gasteiger partial charge in [-0.25, -0.2) is 0 Å². The Labute approximate surface area is 145 Å². The first-order valence-electron chi connectivity index (χ1n) is 7.96. The molecule has 25 heavy (non-hydrogen) atoms. The van der Waals surface area contributed by atoms with Crippen LogP contribution in [-0.4, -0.2) is 24.0 Å². The van der Waals surface area contributed by atoms with Crippen LogP contribution in [0.2, 0.25) is 0 Å². The number of carbonyl (C=O) groups is 1. The molecular formula is C18H20N2O5. The third-order valence-corrected chi connectivity index (χ3v) is 3.44. The fourth-order valence-electron chi connectivity index (χ4n) is 2.19. The van der Waals surface area contributed by atoms with Crippen LogP contribution in [0.5, 0.6) is 11.5 Å². The first-order valence-corrected chi connectivity index (χ1v) is 7.96. The van der Waals surface area contributed by atoms with Crippen molar-refractivity contribution in [2.75, 3.05) is 18.5 Å². The largest absolute Gasteiger partial charge is 0.494 e. The molecule has 0 bridgehead atoms. The van der Waals surface area contributed by atoms with Crippen LogP contribution in [0, 0.1) is 10.1 Å². The summed E-state index contributed by atoms with van der Waals surface area (Å²) in [4.78, 5) is 22.6. The van der Waals surface area contributed by atoms with Crippen LogP contribution in [0.1, 0.15) is 19.4 Å². The van der Waals surface area contributed by atoms with Gasteiger partial charge in [-0.05, 0) is 49.2 Å². The topological polar surface area (TPSA) is 90.7 Å². The average Bonchev–Trinajstić information content (AvgIpc) is 2.61. The molecule has 2 aromatic carbocycles. The monoisotopic (exact) mass is 344 g/mol. The van der Waals surface area contributed by atoms with Gasteiger partial charge in [0.15, 0.2) is 12.4 Å². The van der Waals surface area contributed by atoms with E-state index in [1.54, 1.807) is 30.3 Å². The summed E-state index contributed by atoms with van der Waals surface area (Å²) < 4.78 is 10.6. The Morgan fingerprint density at radius 1 is 1.12 bits per heavy atom. The molecule has 132 valence electrons. The zero-order valence-corrected chi connectivity index (χ0v) is 14.2. The first-order chi connectivity index (χ1) is 12.0. The molecule has 2 aromatic rings. The minimum Gasteiger partial charge on any atom is -0.494 e. The molecule has 0 spiro atoms. The summed E-state index contributed by atoms with van der Waals surface area (Å²) in [5, 5.41) is 13.8. The lowest BCUT2D eigenvalue weighted by Crippen LogP contribution is -2.20. The van der Waals surface area contributed by atoms with Crippen molar-refractivity contribution in [1.29, 1.82) is 0 Å². The van der Waals surface area contributed by atoms with E-state index in [0.717, 1.165) is 5.56 Å². The van der Waals surface area contributed by atoms with Gasteiger partial charge in [0, 0.05) is 11.8 Å². The van der Waals surface area contributed by atoms with Gasteiger partial charge in [-0.1, -0.05) is 13.0 Å². The second kappa shape index (κ2) is 8.68. The molecule has 0 aliphatic carbocycles. The van der Waals surface area contributed by atoms with Gasteiger partial charge in [0.05, 0.1) is 11.5 Å². The molecule has 0 saturated carbocycles. The molecule has 2 rings (SSSR count). The fraction of sp³-hybridized carbons (Fsp3) is 0.278. The molecule has 0 heterocycles. The predicted molar refractivity (Wildman–Crippen MR) is 94.2 cm³/mol. The van der Waals surface area contributed by atoms with Gasteiger partial charge in [-0.2, -0.15) is 0 Å². The van der Waals surface area contributed by atoms with Crippen molar-refractivity contribution < 1.29 is 19.2 Å². The third-order valence-electron chi connectivity index (χ3n) is 3.44. The molecule has 0 radical (unpaired) electrons. The van der Waals surface area contributed by atoms with E-state index in [0.29, 0.717) is 24.5 Å². The number of hydrogen-bond donors (Lipinski definition) is 1. The maximum absolute atomic E-state index is 12.0. The molecule has 7 heteroatoms. The molecule has 0 aromatic heterocycles. The zero-order valence-electron chi connectivity index (χ0n) is 14.2. The Morgan fingerprint density at radius 3 is 2.44 bits per heavy atom. The van der Waals surface area contributed by atoms with E-state index in [1.807, 2.05) is 13.8 Å². The summed E-state index contributed by atoms with van der Waals surface area (Å²) in [6.45, 7) is 4.04. The Balaban J connectivity index is 1.96. The molecule has 0 fully saturated rings. The highest BCUT2D eigenvalue weighted by Gasteiger charge is 2.16. The number of carbonyl (C=O) groups excluding carboxylic acids is 1. The number of benzene rings is 2. The summed E-state index contributed by atoms with van der Waals surface area (Å²) in [6.07, 6.45) is 0.680. The highest BCUT2D eigenvalue weighted by molar-refractivity contribution is 5.91. The lowest BCUT2D eigenvalue weighted by atomic mass is 10.1. The van der Waals surface area contributed by atoms with Crippen molar-refractivity contribution in [3.63, 3.8) is 0 Å². The molecular weight excluding hydrogens is 324 g/mol. The van der Waals surface area contributed by atoms with Crippen LogP contribution in [0.15, 0.2) is 42.5 Å². The summed E-state index contributed by atoms with van der Waals surface area (Å²) in [7, 11) is 0. The van der Waals surface area contributed by atoms with Crippen molar-refractivity contribution in [3.05, 3.63) is 58.1 Å². The van der Waals surface area contributed by atoms with Crippen molar-refractivity contribution in [2.24, 2.45) is 0 Å². The van der Waals surface area contributed by atoms with Crippen molar-refractivity contribution in [1.82, 2.24) is 0 Å². The Kier molecular flexibility index (Phi) is 6.33. The van der Waals surface area contributed by atoms with Crippen LogP contribution < -0.4 is 14.8 Å². The molecule has 0 unspecified atom stereocenters. The van der Waals surface area contributed by atoms with Gasteiger partial charge in [-0.15, -0.1) is 0 Å². The number of nitro groups is 1. The number of hydrogen-bond acceptors (Lipinski definition) is 5. The Hall–Kier alpha value is -3.09. The minimum absolute atomic E-state index is 0.0732. The number of ether oxygens (including phenoxy) is 2. The summed E-state index contributed by atoms with van der Waals surface area (Å²) >= 11 is 0. The second-order valence-electron chi connectivity index (χ2n) is 5.21. The number of amides is 1. The van der Waals surface area contributed by atoms with Crippen molar-refractivity contribution in [2.45, 2.75) is 20.3 Å². The van der Waals surface area contributed by atoms with Gasteiger partial charge < -0.3 is 14.8 Å². The Bertz CT molecular complexity index is 744. The first kappa shape index (κ1) is 18.3. The summed E-state index contributed by atoms with van der Waals surface area (Å²) in [6, 6.07) is 11.6. The van der Waals surface area contributed by atoms with Gasteiger partial charge in [0.2, 0.25) is 0 Å². The maximum atomic E-state index is 12.0. The highest BCUT2D eigenvalue weighted by atomic mass is 16.6. The van der Waals surface area contributed by atoms with Gasteiger partial charge >= 0.3 is 5.69 Å². The second-order valence-corrected chi connectivity index (χ2v) is 5.21. The van der Waals surface area contributed by atoms with Gasteiger partial charge in [-0.3, -0.25) is 14.9 Å². The number of nitrogens with one attached hydrogen (secondary N) is 1. The van der Waals surface area contributed by atoms with E-state index >= 15 is 0 Å². The SMILES string of the molecule is CCOc1ccc(NC(=O)COc2ccc(CC)cc2[N+](=O)[O-])cc1. The molecule has 7 nitrogen and oxygen atoms in total. The standard InChI is InChI=1S/C18H20N2O5/c1-3-13-5-10-17(16(11-13)20(22)23)25-12-18(21)19-14-6-8-15(9-7-14)24-4-2/h5-11H,3-4,12H2,1-2H3,(H,19,21). The fourth-order valence-corrected chi connectivity index (χ4v) is 2.19. The smallest absolute Gasteiger partial charge is 0.311 e. The zero-order chi connectivity index (χ0) is 18.2. The van der Waals surface area contributed by atoms with Crippen molar-refractivity contribution >= 4 is 17.3 Å². The lowest BCUT2D eigenvalue weighted by molar-refractivity contribution is -0.385. The van der Waals surface area contributed by atoms with Crippen LogP contribution in [0.3, 0.4) is 0 Å². The third kappa shape index (κ3) is 5.20. The van der Waals surface area contributed by atoms with Gasteiger partial charge in [0.1, 0.15) is 5.75 Å². The summed E-state index contributed by atoms with van der Waals surface area (Å²) in [5.41, 5.74) is 1.28. The van der Waals surface area contributed by atoms with E-state index in [4.69, 9.17) is 9.47 Å². The Morgan fingerprint density at radius 2 is 1.84 bits per heavy atom. The summed E-state index contributed by atoms with van der Waals surface area (Å²) in [5.74, 6) is 0.380. The van der Waals surface area contributed by atoms with E-state index < -0.39 is 10.8 Å². The van der Waals surface area contributed by atoms with E-state index in [-0.39, 0.29) is 18.0 Å². The van der Waals surface area contributed by atoms with Crippen LogP contribution in [-0.2, 0) is 11.2 Å². The molecule has 1 amide bonds. The van der Waals surface area contributed by atoms with Crippen molar-refractivity contribution in [3.8, 4) is 11.5 Å². The number of nitro benzene ring substituents is 1. The number of rotatable bonds is 8. The molecule has 1 N–H and O–H groups in total. The molecule has 0 aliphatic rings. The predicted octanol–water partition coefficient (Wildman–Crippen LogP) is 3.57. The highest BCUT2D eigenvalue weighted by Crippen LogP contribution is 2.28. The van der Waals surface area contributed by atoms with Crippen LogP contribution in [0.25, 0.3) is 0 Å². The van der Waals surface area contributed by atoms with Crippen LogP contribution in [0.4, 0.5) is 11.4 Å². The number of nitrogens with zero attached hydrogens (tertiary/aromatic N) is 1. The van der Waals surface area contributed by atoms with Gasteiger partial charge in [0.25, 0.3) is 5.91 Å². The maximum Gasteiger partial charge on any atom is 0.311 e. The lowest BCUT2D eigenvalue weighted by Gasteiger charge is -2.09. The normalized spacial score (nSPS) is 10.2. The van der Waals surface area contributed by atoms with E-state index in [9.17, 15) is 14.9 Å².